The van der Waals surface area contributed by atoms with Gasteiger partial charge in [0.05, 0.1) is 0 Å². The van der Waals surface area contributed by atoms with Gasteiger partial charge in [-0.2, -0.15) is 0 Å². The molecule has 0 amide bonds. The molecule has 0 nitrogen and oxygen atoms in total. The van der Waals surface area contributed by atoms with E-state index in [0.29, 0.717) is 0 Å². The van der Waals surface area contributed by atoms with E-state index in [1.807, 2.05) is 0 Å². The van der Waals surface area contributed by atoms with Crippen LogP contribution in [0.4, 0.5) is 0 Å². The summed E-state index contributed by atoms with van der Waals surface area (Å²) in [6, 6.07) is 19.5. The predicted molar refractivity (Wildman–Crippen MR) is 96.6 cm³/mol. The summed E-state index contributed by atoms with van der Waals surface area (Å²) in [6.45, 7) is 11.5. The Hall–Kier alpha value is -1.37. The monoisotopic (exact) mass is 336 g/mol. The van der Waals surface area contributed by atoms with Crippen molar-refractivity contribution in [3.63, 3.8) is 0 Å². The van der Waals surface area contributed by atoms with Crippen LogP contribution in [-0.2, 0) is 21.7 Å². The van der Waals surface area contributed by atoms with E-state index in [9.17, 15) is 0 Å². The van der Waals surface area contributed by atoms with E-state index in [1.165, 1.54) is 39.0 Å². The molecule has 0 radical (unpaired) electrons. The molecule has 0 fully saturated rings. The van der Waals surface area contributed by atoms with Gasteiger partial charge in [0.2, 0.25) is 0 Å². The van der Waals surface area contributed by atoms with Crippen molar-refractivity contribution in [2.24, 2.45) is 5.41 Å². The number of rotatable bonds is 2. The van der Waals surface area contributed by atoms with Gasteiger partial charge in [-0.1, -0.05) is 74.0 Å². The van der Waals surface area contributed by atoms with E-state index in [1.54, 1.807) is 0 Å². The Morgan fingerprint density at radius 3 is 1.70 bits per heavy atom. The zero-order chi connectivity index (χ0) is 15.9. The number of hydrogen-bond donors (Lipinski definition) is 0. The van der Waals surface area contributed by atoms with Crippen LogP contribution >= 0.6 is 0 Å². The van der Waals surface area contributed by atoms with Crippen molar-refractivity contribution in [1.29, 1.82) is 0 Å². The third kappa shape index (κ3) is 2.91. The third-order valence-electron chi connectivity index (χ3n) is 5.34. The summed E-state index contributed by atoms with van der Waals surface area (Å²) in [4.78, 5) is 0. The molecule has 0 spiro atoms. The molecule has 23 heavy (non-hydrogen) atoms. The van der Waals surface area contributed by atoms with Crippen LogP contribution < -0.4 is 0 Å². The molecule has 2 aromatic rings. The largest absolute Gasteiger partial charge is 0.0622 e. The van der Waals surface area contributed by atoms with Gasteiger partial charge in [0.25, 0.3) is 0 Å². The van der Waals surface area contributed by atoms with Crippen molar-refractivity contribution < 1.29 is 21.7 Å². The molecule has 0 aromatic heterocycles. The molecule has 0 saturated carbocycles. The first-order valence-corrected chi connectivity index (χ1v) is 7.99. The standard InChI is InChI=1S/C22H24.Ti/c1-15-16(2)21(22(4,5)17(15)3)20-14-10-9-13-19(20)18-11-7-6-8-12-18;/h6-14H,1-5H3;. The van der Waals surface area contributed by atoms with Crippen LogP contribution in [0.15, 0.2) is 71.3 Å². The first-order chi connectivity index (χ1) is 10.4. The molecule has 0 aliphatic heterocycles. The summed E-state index contributed by atoms with van der Waals surface area (Å²) in [6.07, 6.45) is 0. The summed E-state index contributed by atoms with van der Waals surface area (Å²) >= 11 is 0. The summed E-state index contributed by atoms with van der Waals surface area (Å²) < 4.78 is 0. The Bertz CT molecular complexity index is 777. The van der Waals surface area contributed by atoms with Gasteiger partial charge < -0.3 is 0 Å². The van der Waals surface area contributed by atoms with Crippen molar-refractivity contribution >= 4 is 5.57 Å². The summed E-state index contributed by atoms with van der Waals surface area (Å²) in [5.41, 5.74) is 9.93. The van der Waals surface area contributed by atoms with E-state index in [2.05, 4.69) is 89.2 Å². The first kappa shape index (κ1) is 18.0. The molecule has 1 heteroatoms. The second kappa shape index (κ2) is 6.63. The molecule has 1 aliphatic rings. The maximum atomic E-state index is 2.35. The predicted octanol–water partition coefficient (Wildman–Crippen LogP) is 6.50. The Labute approximate surface area is 155 Å². The third-order valence-corrected chi connectivity index (χ3v) is 5.34. The minimum absolute atomic E-state index is 0. The number of benzene rings is 2. The second-order valence-electron chi connectivity index (χ2n) is 6.79. The molecule has 0 N–H and O–H groups in total. The molecular formula is C22H24Ti. The van der Waals surface area contributed by atoms with Crippen LogP contribution in [-0.4, -0.2) is 0 Å². The SMILES string of the molecule is CC1=C(C)C(C)(C)C(c2ccccc2-c2ccccc2)=C1C.[Ti]. The molecule has 2 aromatic carbocycles. The molecule has 0 saturated heterocycles. The average molecular weight is 336 g/mol. The first-order valence-electron chi connectivity index (χ1n) is 7.99. The van der Waals surface area contributed by atoms with Crippen LogP contribution in [0.1, 0.15) is 40.2 Å². The summed E-state index contributed by atoms with van der Waals surface area (Å²) in [5.74, 6) is 0. The van der Waals surface area contributed by atoms with Gasteiger partial charge in [-0.05, 0) is 54.2 Å². The summed E-state index contributed by atoms with van der Waals surface area (Å²) in [5, 5.41) is 0. The van der Waals surface area contributed by atoms with Gasteiger partial charge in [0, 0.05) is 27.1 Å². The Balaban J connectivity index is 0.00000192. The maximum Gasteiger partial charge on any atom is 0.0117 e. The number of hydrogen-bond acceptors (Lipinski definition) is 0. The molecular weight excluding hydrogens is 312 g/mol. The molecule has 0 bridgehead atoms. The van der Waals surface area contributed by atoms with Crippen LogP contribution in [0.2, 0.25) is 0 Å². The maximum absolute atomic E-state index is 2.35. The van der Waals surface area contributed by atoms with Crippen LogP contribution in [0.3, 0.4) is 0 Å². The Kier molecular flexibility index (Phi) is 5.18. The van der Waals surface area contributed by atoms with Gasteiger partial charge >= 0.3 is 0 Å². The Morgan fingerprint density at radius 1 is 0.652 bits per heavy atom. The van der Waals surface area contributed by atoms with E-state index in [0.717, 1.165) is 0 Å². The van der Waals surface area contributed by atoms with Crippen LogP contribution in [0.5, 0.6) is 0 Å². The van der Waals surface area contributed by atoms with Gasteiger partial charge in [-0.3, -0.25) is 0 Å². The van der Waals surface area contributed by atoms with E-state index in [-0.39, 0.29) is 27.1 Å². The zero-order valence-corrected chi connectivity index (χ0v) is 16.3. The normalized spacial score (nSPS) is 16.6. The smallest absolute Gasteiger partial charge is 0.0117 e. The molecule has 3 rings (SSSR count). The molecule has 0 atom stereocenters. The van der Waals surface area contributed by atoms with E-state index >= 15 is 0 Å². The van der Waals surface area contributed by atoms with Crippen LogP contribution in [0, 0.1) is 5.41 Å². The van der Waals surface area contributed by atoms with E-state index in [4.69, 9.17) is 0 Å². The molecule has 116 valence electrons. The van der Waals surface area contributed by atoms with Gasteiger partial charge in [-0.25, -0.2) is 0 Å². The number of allylic oxidation sites excluding steroid dienone is 4. The Morgan fingerprint density at radius 2 is 1.17 bits per heavy atom. The van der Waals surface area contributed by atoms with Crippen molar-refractivity contribution in [2.75, 3.05) is 0 Å². The fraction of sp³-hybridized carbons (Fsp3) is 0.273. The van der Waals surface area contributed by atoms with Crippen molar-refractivity contribution in [1.82, 2.24) is 0 Å². The fourth-order valence-corrected chi connectivity index (χ4v) is 3.70. The summed E-state index contributed by atoms with van der Waals surface area (Å²) in [7, 11) is 0. The molecule has 1 aliphatic carbocycles. The van der Waals surface area contributed by atoms with Crippen molar-refractivity contribution in [3.8, 4) is 11.1 Å². The second-order valence-corrected chi connectivity index (χ2v) is 6.79. The van der Waals surface area contributed by atoms with Crippen molar-refractivity contribution in [2.45, 2.75) is 34.6 Å². The zero-order valence-electron chi connectivity index (χ0n) is 14.7. The van der Waals surface area contributed by atoms with Gasteiger partial charge in [0.1, 0.15) is 0 Å². The van der Waals surface area contributed by atoms with Crippen molar-refractivity contribution in [3.05, 3.63) is 76.9 Å². The molecule has 0 heterocycles. The van der Waals surface area contributed by atoms with Gasteiger partial charge in [-0.15, -0.1) is 0 Å². The van der Waals surface area contributed by atoms with E-state index < -0.39 is 0 Å². The van der Waals surface area contributed by atoms with Crippen LogP contribution in [0.25, 0.3) is 16.7 Å². The molecule has 0 unspecified atom stereocenters. The average Bonchev–Trinajstić information content (AvgIpc) is 2.68. The minimum atomic E-state index is 0. The van der Waals surface area contributed by atoms with Gasteiger partial charge in [0.15, 0.2) is 0 Å². The fourth-order valence-electron chi connectivity index (χ4n) is 3.70. The quantitative estimate of drug-likeness (QED) is 0.549. The topological polar surface area (TPSA) is 0 Å². The minimum Gasteiger partial charge on any atom is -0.0622 e.